The molecule has 6 nitrogen and oxygen atoms in total. The van der Waals surface area contributed by atoms with Gasteiger partial charge in [-0.2, -0.15) is 0 Å². The van der Waals surface area contributed by atoms with E-state index in [0.717, 1.165) is 4.47 Å². The lowest BCUT2D eigenvalue weighted by Gasteiger charge is -1.99. The van der Waals surface area contributed by atoms with Crippen molar-refractivity contribution in [2.24, 2.45) is 4.99 Å². The Labute approximate surface area is 139 Å². The fourth-order valence-corrected chi connectivity index (χ4v) is 2.40. The van der Waals surface area contributed by atoms with Gasteiger partial charge in [0.05, 0.1) is 4.92 Å². The summed E-state index contributed by atoms with van der Waals surface area (Å²) in [5.41, 5.74) is 1.44. The van der Waals surface area contributed by atoms with Crippen molar-refractivity contribution < 1.29 is 14.5 Å². The lowest BCUT2D eigenvalue weighted by Crippen LogP contribution is -2.05. The van der Waals surface area contributed by atoms with E-state index in [-0.39, 0.29) is 17.3 Å². The number of carbonyl (C=O) groups is 1. The SMILES string of the molecule is O=C1OC(c2cccc(Br)c2)=N/C1=C/c1ccc([N+](=O)[O-])cc1. The molecule has 0 aliphatic carbocycles. The van der Waals surface area contributed by atoms with Crippen LogP contribution in [0.4, 0.5) is 5.69 Å². The van der Waals surface area contributed by atoms with Crippen LogP contribution in [-0.2, 0) is 9.53 Å². The summed E-state index contributed by atoms with van der Waals surface area (Å²) in [4.78, 5) is 26.2. The van der Waals surface area contributed by atoms with E-state index in [1.165, 1.54) is 18.2 Å². The normalized spacial score (nSPS) is 15.4. The molecule has 0 aromatic heterocycles. The van der Waals surface area contributed by atoms with Crippen LogP contribution in [0.25, 0.3) is 6.08 Å². The quantitative estimate of drug-likeness (QED) is 0.356. The number of benzene rings is 2. The molecule has 2 aromatic carbocycles. The Hall–Kier alpha value is -2.80. The first-order chi connectivity index (χ1) is 11.0. The third kappa shape index (κ3) is 3.35. The third-order valence-corrected chi connectivity index (χ3v) is 3.59. The van der Waals surface area contributed by atoms with Crippen molar-refractivity contribution in [2.45, 2.75) is 0 Å². The van der Waals surface area contributed by atoms with Crippen molar-refractivity contribution in [2.75, 3.05) is 0 Å². The molecule has 0 amide bonds. The standard InChI is InChI=1S/C16H9BrN2O4/c17-12-3-1-2-11(9-12)15-18-14(16(20)23-15)8-10-4-6-13(7-5-10)19(21)22/h1-9H/b14-8+. The Morgan fingerprint density at radius 2 is 1.91 bits per heavy atom. The molecule has 1 aliphatic heterocycles. The predicted octanol–water partition coefficient (Wildman–Crippen LogP) is 3.70. The number of cyclic esters (lactones) is 1. The largest absolute Gasteiger partial charge is 0.402 e. The first kappa shape index (κ1) is 15.1. The monoisotopic (exact) mass is 372 g/mol. The molecule has 1 heterocycles. The molecule has 2 aromatic rings. The van der Waals surface area contributed by atoms with Gasteiger partial charge in [0.25, 0.3) is 5.69 Å². The summed E-state index contributed by atoms with van der Waals surface area (Å²) >= 11 is 3.35. The van der Waals surface area contributed by atoms with Gasteiger partial charge in [0.2, 0.25) is 5.90 Å². The zero-order chi connectivity index (χ0) is 16.4. The third-order valence-electron chi connectivity index (χ3n) is 3.10. The number of halogens is 1. The Morgan fingerprint density at radius 1 is 1.17 bits per heavy atom. The highest BCUT2D eigenvalue weighted by molar-refractivity contribution is 9.10. The van der Waals surface area contributed by atoms with Crippen molar-refractivity contribution in [3.63, 3.8) is 0 Å². The fraction of sp³-hybridized carbons (Fsp3) is 0. The number of hydrogen-bond acceptors (Lipinski definition) is 5. The van der Waals surface area contributed by atoms with Gasteiger partial charge in [0, 0.05) is 22.2 Å². The van der Waals surface area contributed by atoms with Crippen LogP contribution in [0.1, 0.15) is 11.1 Å². The number of nitro benzene ring substituents is 1. The van der Waals surface area contributed by atoms with E-state index in [1.54, 1.807) is 24.3 Å². The summed E-state index contributed by atoms with van der Waals surface area (Å²) in [6, 6.07) is 13.1. The highest BCUT2D eigenvalue weighted by Crippen LogP contribution is 2.22. The molecule has 0 atom stereocenters. The van der Waals surface area contributed by atoms with Crippen LogP contribution in [0.15, 0.2) is 63.7 Å². The number of non-ortho nitro benzene ring substituents is 1. The Balaban J connectivity index is 1.90. The molecule has 0 unspecified atom stereocenters. The summed E-state index contributed by atoms with van der Waals surface area (Å²) in [5, 5.41) is 10.6. The molecule has 1 aliphatic rings. The fourth-order valence-electron chi connectivity index (χ4n) is 2.00. The maximum atomic E-state index is 11.9. The summed E-state index contributed by atoms with van der Waals surface area (Å²) in [5.74, 6) is -0.331. The van der Waals surface area contributed by atoms with Crippen LogP contribution >= 0.6 is 15.9 Å². The highest BCUT2D eigenvalue weighted by atomic mass is 79.9. The van der Waals surface area contributed by atoms with Crippen LogP contribution in [0.3, 0.4) is 0 Å². The van der Waals surface area contributed by atoms with Crippen molar-refractivity contribution in [3.05, 3.63) is 79.9 Å². The molecular formula is C16H9BrN2O4. The number of carbonyl (C=O) groups excluding carboxylic acids is 1. The lowest BCUT2D eigenvalue weighted by molar-refractivity contribution is -0.384. The van der Waals surface area contributed by atoms with Crippen LogP contribution in [-0.4, -0.2) is 16.8 Å². The minimum Gasteiger partial charge on any atom is -0.402 e. The lowest BCUT2D eigenvalue weighted by atomic mass is 10.2. The Bertz CT molecular complexity index is 857. The van der Waals surface area contributed by atoms with Crippen LogP contribution in [0, 0.1) is 10.1 Å². The molecule has 7 heteroatoms. The summed E-state index contributed by atoms with van der Waals surface area (Å²) in [6.07, 6.45) is 1.52. The first-order valence-corrected chi connectivity index (χ1v) is 7.35. The minimum absolute atomic E-state index is 0.0144. The van der Waals surface area contributed by atoms with Gasteiger partial charge in [-0.05, 0) is 42.0 Å². The van der Waals surface area contributed by atoms with Gasteiger partial charge in [0.1, 0.15) is 0 Å². The van der Waals surface area contributed by atoms with E-state index in [9.17, 15) is 14.9 Å². The van der Waals surface area contributed by atoms with E-state index in [2.05, 4.69) is 20.9 Å². The number of rotatable bonds is 3. The second-order valence-electron chi connectivity index (χ2n) is 4.70. The van der Waals surface area contributed by atoms with E-state index < -0.39 is 10.9 Å². The number of nitrogens with zero attached hydrogens (tertiary/aromatic N) is 2. The van der Waals surface area contributed by atoms with Gasteiger partial charge in [-0.15, -0.1) is 0 Å². The summed E-state index contributed by atoms with van der Waals surface area (Å²) < 4.78 is 6.01. The van der Waals surface area contributed by atoms with Crippen molar-refractivity contribution in [1.29, 1.82) is 0 Å². The van der Waals surface area contributed by atoms with E-state index in [1.807, 2.05) is 12.1 Å². The first-order valence-electron chi connectivity index (χ1n) is 6.56. The van der Waals surface area contributed by atoms with Crippen LogP contribution in [0.5, 0.6) is 0 Å². The zero-order valence-electron chi connectivity index (χ0n) is 11.6. The van der Waals surface area contributed by atoms with Crippen LogP contribution < -0.4 is 0 Å². The maximum Gasteiger partial charge on any atom is 0.363 e. The zero-order valence-corrected chi connectivity index (χ0v) is 13.2. The smallest absolute Gasteiger partial charge is 0.363 e. The van der Waals surface area contributed by atoms with Gasteiger partial charge < -0.3 is 4.74 Å². The van der Waals surface area contributed by atoms with Gasteiger partial charge in [-0.1, -0.05) is 22.0 Å². The summed E-state index contributed by atoms with van der Waals surface area (Å²) in [7, 11) is 0. The minimum atomic E-state index is -0.557. The molecule has 0 spiro atoms. The molecule has 0 fully saturated rings. The van der Waals surface area contributed by atoms with E-state index >= 15 is 0 Å². The molecular weight excluding hydrogens is 364 g/mol. The van der Waals surface area contributed by atoms with Crippen molar-refractivity contribution in [3.8, 4) is 0 Å². The van der Waals surface area contributed by atoms with Gasteiger partial charge in [-0.25, -0.2) is 9.79 Å². The van der Waals surface area contributed by atoms with E-state index in [0.29, 0.717) is 11.1 Å². The number of hydrogen-bond donors (Lipinski definition) is 0. The van der Waals surface area contributed by atoms with Crippen molar-refractivity contribution in [1.82, 2.24) is 0 Å². The summed E-state index contributed by atoms with van der Waals surface area (Å²) in [6.45, 7) is 0. The number of nitro groups is 1. The second kappa shape index (κ2) is 6.13. The molecule has 0 radical (unpaired) electrons. The predicted molar refractivity (Wildman–Crippen MR) is 87.8 cm³/mol. The second-order valence-corrected chi connectivity index (χ2v) is 5.61. The number of esters is 1. The maximum absolute atomic E-state index is 11.9. The van der Waals surface area contributed by atoms with E-state index in [4.69, 9.17) is 4.74 Å². The highest BCUT2D eigenvalue weighted by Gasteiger charge is 2.24. The number of ether oxygens (including phenoxy) is 1. The van der Waals surface area contributed by atoms with Gasteiger partial charge in [0.15, 0.2) is 5.70 Å². The molecule has 0 saturated heterocycles. The molecule has 0 N–H and O–H groups in total. The Kier molecular flexibility index (Phi) is 4.03. The molecule has 0 bridgehead atoms. The average Bonchev–Trinajstić information content (AvgIpc) is 2.89. The van der Waals surface area contributed by atoms with Gasteiger partial charge >= 0.3 is 5.97 Å². The average molecular weight is 373 g/mol. The Morgan fingerprint density at radius 3 is 2.57 bits per heavy atom. The molecule has 23 heavy (non-hydrogen) atoms. The van der Waals surface area contributed by atoms with Gasteiger partial charge in [-0.3, -0.25) is 10.1 Å². The topological polar surface area (TPSA) is 81.8 Å². The molecule has 114 valence electrons. The molecule has 3 rings (SSSR count). The molecule has 0 saturated carbocycles. The number of aliphatic imine (C=N–C) groups is 1. The van der Waals surface area contributed by atoms with Crippen LogP contribution in [0.2, 0.25) is 0 Å². The van der Waals surface area contributed by atoms with Crippen molar-refractivity contribution >= 4 is 39.6 Å².